The molecule has 1 amide bonds. The maximum Gasteiger partial charge on any atom is 0.237 e. The molecule has 0 aromatic carbocycles. The van der Waals surface area contributed by atoms with Gasteiger partial charge in [0.2, 0.25) is 5.91 Å². The van der Waals surface area contributed by atoms with Crippen molar-refractivity contribution in [3.05, 3.63) is 0 Å². The molecule has 0 aromatic heterocycles. The molecular weight excluding hydrogens is 212 g/mol. The number of amides is 1. The van der Waals surface area contributed by atoms with E-state index < -0.39 is 0 Å². The van der Waals surface area contributed by atoms with Crippen LogP contribution in [-0.4, -0.2) is 24.5 Å². The molecule has 0 spiro atoms. The summed E-state index contributed by atoms with van der Waals surface area (Å²) in [5, 5.41) is 6.18. The fraction of sp³-hybridized carbons (Fsp3) is 0.929. The summed E-state index contributed by atoms with van der Waals surface area (Å²) in [5.74, 6) is 0.103. The van der Waals surface area contributed by atoms with Crippen molar-refractivity contribution >= 4 is 5.91 Å². The molecule has 0 aromatic rings. The van der Waals surface area contributed by atoms with Crippen LogP contribution in [-0.2, 0) is 4.79 Å². The quantitative estimate of drug-likeness (QED) is 0.578. The molecule has 0 heterocycles. The minimum absolute atomic E-state index is 0.0759. The Morgan fingerprint density at radius 3 is 2.18 bits per heavy atom. The fourth-order valence-corrected chi connectivity index (χ4v) is 1.73. The maximum absolute atomic E-state index is 11.6. The van der Waals surface area contributed by atoms with E-state index in [0.717, 1.165) is 6.54 Å². The molecule has 102 valence electrons. The number of hydrogen-bond acceptors (Lipinski definition) is 2. The van der Waals surface area contributed by atoms with Crippen LogP contribution in [0.3, 0.4) is 0 Å². The summed E-state index contributed by atoms with van der Waals surface area (Å²) in [7, 11) is 0. The van der Waals surface area contributed by atoms with Gasteiger partial charge in [-0.15, -0.1) is 0 Å². The van der Waals surface area contributed by atoms with Crippen molar-refractivity contribution in [2.24, 2.45) is 0 Å². The Bertz CT molecular complexity index is 193. The molecule has 3 nitrogen and oxygen atoms in total. The lowest BCUT2D eigenvalue weighted by Crippen LogP contribution is -2.44. The topological polar surface area (TPSA) is 41.1 Å². The highest BCUT2D eigenvalue weighted by Crippen LogP contribution is 2.04. The number of rotatable bonds is 10. The highest BCUT2D eigenvalue weighted by atomic mass is 16.2. The third-order valence-electron chi connectivity index (χ3n) is 2.81. The second kappa shape index (κ2) is 10.6. The minimum atomic E-state index is -0.0759. The van der Waals surface area contributed by atoms with E-state index in [4.69, 9.17) is 0 Å². The molecule has 0 fully saturated rings. The maximum atomic E-state index is 11.6. The molecule has 0 rings (SSSR count). The molecular formula is C14H30N2O. The van der Waals surface area contributed by atoms with Gasteiger partial charge in [-0.3, -0.25) is 4.79 Å². The van der Waals surface area contributed by atoms with Gasteiger partial charge in [-0.1, -0.05) is 39.0 Å². The van der Waals surface area contributed by atoms with Crippen LogP contribution in [0.5, 0.6) is 0 Å². The summed E-state index contributed by atoms with van der Waals surface area (Å²) in [6, 6.07) is 0.147. The summed E-state index contributed by atoms with van der Waals surface area (Å²) >= 11 is 0. The summed E-state index contributed by atoms with van der Waals surface area (Å²) in [6.07, 6.45) is 7.75. The van der Waals surface area contributed by atoms with Gasteiger partial charge in [0.25, 0.3) is 0 Å². The van der Waals surface area contributed by atoms with Gasteiger partial charge in [0.05, 0.1) is 6.04 Å². The van der Waals surface area contributed by atoms with E-state index in [2.05, 4.69) is 17.6 Å². The average Bonchev–Trinajstić information content (AvgIpc) is 2.26. The largest absolute Gasteiger partial charge is 0.353 e. The average molecular weight is 242 g/mol. The Balaban J connectivity index is 3.38. The first kappa shape index (κ1) is 16.4. The van der Waals surface area contributed by atoms with Crippen molar-refractivity contribution in [3.63, 3.8) is 0 Å². The Kier molecular flexibility index (Phi) is 10.2. The summed E-state index contributed by atoms with van der Waals surface area (Å²) in [5.41, 5.74) is 0. The van der Waals surface area contributed by atoms with Gasteiger partial charge in [0, 0.05) is 6.04 Å². The first-order chi connectivity index (χ1) is 8.07. The molecule has 3 heteroatoms. The lowest BCUT2D eigenvalue weighted by molar-refractivity contribution is -0.123. The molecule has 1 atom stereocenters. The van der Waals surface area contributed by atoms with E-state index in [9.17, 15) is 4.79 Å². The Morgan fingerprint density at radius 1 is 1.00 bits per heavy atom. The highest BCUT2D eigenvalue weighted by Gasteiger charge is 2.11. The second-order valence-electron chi connectivity index (χ2n) is 5.11. The van der Waals surface area contributed by atoms with Crippen LogP contribution < -0.4 is 10.6 Å². The van der Waals surface area contributed by atoms with E-state index in [0.29, 0.717) is 0 Å². The molecule has 0 aliphatic heterocycles. The summed E-state index contributed by atoms with van der Waals surface area (Å²) in [6.45, 7) is 9.07. The van der Waals surface area contributed by atoms with Gasteiger partial charge < -0.3 is 10.6 Å². The van der Waals surface area contributed by atoms with Crippen LogP contribution in [0.4, 0.5) is 0 Å². The number of hydrogen-bond donors (Lipinski definition) is 2. The zero-order chi connectivity index (χ0) is 13.1. The van der Waals surface area contributed by atoms with Crippen molar-refractivity contribution in [3.8, 4) is 0 Å². The van der Waals surface area contributed by atoms with Gasteiger partial charge in [-0.2, -0.15) is 0 Å². The van der Waals surface area contributed by atoms with Crippen LogP contribution in [0.2, 0.25) is 0 Å². The standard InChI is InChI=1S/C14H30N2O/c1-5-6-7-8-9-10-11-15-13(4)14(17)16-12(2)3/h12-13,15H,5-11H2,1-4H3,(H,16,17). The fourth-order valence-electron chi connectivity index (χ4n) is 1.73. The molecule has 0 bridgehead atoms. The molecule has 1 unspecified atom stereocenters. The molecule has 2 N–H and O–H groups in total. The number of nitrogens with one attached hydrogen (secondary N) is 2. The number of carbonyl (C=O) groups excluding carboxylic acids is 1. The van der Waals surface area contributed by atoms with Crippen molar-refractivity contribution in [2.45, 2.75) is 78.3 Å². The first-order valence-electron chi connectivity index (χ1n) is 7.11. The second-order valence-corrected chi connectivity index (χ2v) is 5.11. The molecule has 0 saturated heterocycles. The van der Waals surface area contributed by atoms with Crippen molar-refractivity contribution in [2.75, 3.05) is 6.54 Å². The van der Waals surface area contributed by atoms with Gasteiger partial charge >= 0.3 is 0 Å². The number of unbranched alkanes of at least 4 members (excludes halogenated alkanes) is 5. The van der Waals surface area contributed by atoms with Crippen molar-refractivity contribution in [1.29, 1.82) is 0 Å². The zero-order valence-corrected chi connectivity index (χ0v) is 12.0. The monoisotopic (exact) mass is 242 g/mol. The lowest BCUT2D eigenvalue weighted by Gasteiger charge is -2.15. The number of carbonyl (C=O) groups is 1. The molecule has 0 aliphatic rings. The van der Waals surface area contributed by atoms with Crippen LogP contribution >= 0.6 is 0 Å². The summed E-state index contributed by atoms with van der Waals surface area (Å²) < 4.78 is 0. The molecule has 0 saturated carbocycles. The predicted octanol–water partition coefficient (Wildman–Crippen LogP) is 2.85. The third kappa shape index (κ3) is 10.3. The Morgan fingerprint density at radius 2 is 1.59 bits per heavy atom. The molecule has 0 aliphatic carbocycles. The smallest absolute Gasteiger partial charge is 0.237 e. The van der Waals surface area contributed by atoms with Crippen LogP contribution in [0.15, 0.2) is 0 Å². The van der Waals surface area contributed by atoms with Crippen LogP contribution in [0.1, 0.15) is 66.2 Å². The summed E-state index contributed by atoms with van der Waals surface area (Å²) in [4.78, 5) is 11.6. The van der Waals surface area contributed by atoms with E-state index in [-0.39, 0.29) is 18.0 Å². The lowest BCUT2D eigenvalue weighted by atomic mass is 10.1. The van der Waals surface area contributed by atoms with Gasteiger partial charge in [-0.25, -0.2) is 0 Å². The van der Waals surface area contributed by atoms with E-state index in [1.54, 1.807) is 0 Å². The van der Waals surface area contributed by atoms with Crippen LogP contribution in [0.25, 0.3) is 0 Å². The van der Waals surface area contributed by atoms with E-state index >= 15 is 0 Å². The van der Waals surface area contributed by atoms with Crippen molar-refractivity contribution < 1.29 is 4.79 Å². The molecule has 0 radical (unpaired) electrons. The SMILES string of the molecule is CCCCCCCCNC(C)C(=O)NC(C)C. The van der Waals surface area contributed by atoms with Gasteiger partial charge in [-0.05, 0) is 33.7 Å². The van der Waals surface area contributed by atoms with Gasteiger partial charge in [0.1, 0.15) is 0 Å². The van der Waals surface area contributed by atoms with E-state index in [1.807, 2.05) is 20.8 Å². The normalized spacial score (nSPS) is 12.8. The Hall–Kier alpha value is -0.570. The van der Waals surface area contributed by atoms with E-state index in [1.165, 1.54) is 38.5 Å². The third-order valence-corrected chi connectivity index (χ3v) is 2.81. The first-order valence-corrected chi connectivity index (χ1v) is 7.11. The highest BCUT2D eigenvalue weighted by molar-refractivity contribution is 5.81. The van der Waals surface area contributed by atoms with Crippen molar-refractivity contribution in [1.82, 2.24) is 10.6 Å². The Labute approximate surface area is 107 Å². The minimum Gasteiger partial charge on any atom is -0.353 e. The predicted molar refractivity (Wildman–Crippen MR) is 74.1 cm³/mol. The van der Waals surface area contributed by atoms with Gasteiger partial charge in [0.15, 0.2) is 0 Å². The van der Waals surface area contributed by atoms with Crippen LogP contribution in [0, 0.1) is 0 Å². The zero-order valence-electron chi connectivity index (χ0n) is 12.0. The molecule has 17 heavy (non-hydrogen) atoms.